The van der Waals surface area contributed by atoms with Gasteiger partial charge in [-0.15, -0.1) is 0 Å². The van der Waals surface area contributed by atoms with Gasteiger partial charge in [-0.3, -0.25) is 9.59 Å². The van der Waals surface area contributed by atoms with Gasteiger partial charge in [-0.1, -0.05) is 43.0 Å². The minimum atomic E-state index is -0.373. The summed E-state index contributed by atoms with van der Waals surface area (Å²) in [6.45, 7) is 1.78. The molecule has 2 N–H and O–H groups in total. The fourth-order valence-corrected chi connectivity index (χ4v) is 3.64. The van der Waals surface area contributed by atoms with Crippen LogP contribution in [0.1, 0.15) is 53.6 Å². The third kappa shape index (κ3) is 3.39. The first kappa shape index (κ1) is 16.8. The number of rotatable bonds is 3. The Labute approximate surface area is 146 Å². The monoisotopic (exact) mass is 344 g/mol. The van der Waals surface area contributed by atoms with E-state index in [1.165, 1.54) is 18.7 Å². The van der Waals surface area contributed by atoms with Gasteiger partial charge in [0.2, 0.25) is 5.56 Å². The lowest BCUT2D eigenvalue weighted by Gasteiger charge is -2.39. The summed E-state index contributed by atoms with van der Waals surface area (Å²) in [6.07, 6.45) is 6.64. The Morgan fingerprint density at radius 2 is 1.83 bits per heavy atom. The van der Waals surface area contributed by atoms with Gasteiger partial charge in [0.1, 0.15) is 0 Å². The van der Waals surface area contributed by atoms with Crippen molar-refractivity contribution in [2.45, 2.75) is 44.6 Å². The predicted octanol–water partition coefficient (Wildman–Crippen LogP) is 3.93. The first-order chi connectivity index (χ1) is 11.5. The number of nitrogens with one attached hydrogen (secondary N) is 2. The van der Waals surface area contributed by atoms with Crippen LogP contribution in [0.25, 0.3) is 0 Å². The normalized spacial score (nSPS) is 16.6. The van der Waals surface area contributed by atoms with Crippen molar-refractivity contribution in [3.63, 3.8) is 0 Å². The average Bonchev–Trinajstić information content (AvgIpc) is 2.56. The van der Waals surface area contributed by atoms with Crippen molar-refractivity contribution in [2.24, 2.45) is 0 Å². The van der Waals surface area contributed by atoms with E-state index in [9.17, 15) is 9.59 Å². The summed E-state index contributed by atoms with van der Waals surface area (Å²) < 4.78 is 0. The third-order valence-corrected chi connectivity index (χ3v) is 5.08. The lowest BCUT2D eigenvalue weighted by molar-refractivity contribution is 0.0865. The molecule has 0 spiro atoms. The van der Waals surface area contributed by atoms with Gasteiger partial charge < -0.3 is 10.3 Å². The van der Waals surface area contributed by atoms with Gasteiger partial charge in [-0.2, -0.15) is 0 Å². The minimum Gasteiger partial charge on any atom is -0.342 e. The van der Waals surface area contributed by atoms with Crippen LogP contribution in [0.5, 0.6) is 0 Å². The van der Waals surface area contributed by atoms with Gasteiger partial charge in [-0.05, 0) is 43.0 Å². The molecular weight excluding hydrogens is 324 g/mol. The van der Waals surface area contributed by atoms with E-state index in [0.29, 0.717) is 16.1 Å². The molecule has 1 heterocycles. The zero-order valence-corrected chi connectivity index (χ0v) is 14.5. The molecule has 1 aliphatic rings. The van der Waals surface area contributed by atoms with Crippen molar-refractivity contribution in [1.29, 1.82) is 0 Å². The van der Waals surface area contributed by atoms with Crippen LogP contribution in [-0.2, 0) is 5.54 Å². The van der Waals surface area contributed by atoms with Crippen LogP contribution >= 0.6 is 11.6 Å². The van der Waals surface area contributed by atoms with E-state index in [2.05, 4.69) is 10.3 Å². The summed E-state index contributed by atoms with van der Waals surface area (Å²) in [5.41, 5.74) is 1.70. The zero-order chi connectivity index (χ0) is 17.2. The van der Waals surface area contributed by atoms with Crippen molar-refractivity contribution in [2.75, 3.05) is 0 Å². The highest BCUT2D eigenvalue weighted by atomic mass is 35.5. The van der Waals surface area contributed by atoms with Crippen LogP contribution in [0.4, 0.5) is 0 Å². The molecule has 1 fully saturated rings. The number of carbonyl (C=O) groups is 1. The molecule has 2 aromatic rings. The van der Waals surface area contributed by atoms with Gasteiger partial charge in [0.15, 0.2) is 0 Å². The number of aryl methyl sites for hydroxylation is 1. The van der Waals surface area contributed by atoms with Crippen molar-refractivity contribution < 1.29 is 4.79 Å². The quantitative estimate of drug-likeness (QED) is 0.886. The molecule has 1 amide bonds. The number of hydrogen-bond acceptors (Lipinski definition) is 2. The number of H-pyrrole nitrogens is 1. The van der Waals surface area contributed by atoms with E-state index in [4.69, 9.17) is 11.6 Å². The van der Waals surface area contributed by atoms with E-state index in [0.717, 1.165) is 31.2 Å². The molecule has 0 saturated heterocycles. The van der Waals surface area contributed by atoms with Crippen LogP contribution in [-0.4, -0.2) is 10.9 Å². The SMILES string of the molecule is Cc1cc(=O)[nH]cc1C(=O)NC1(c2ccc(Cl)cc2)CCCCC1. The van der Waals surface area contributed by atoms with Crippen molar-refractivity contribution in [3.8, 4) is 0 Å². The van der Waals surface area contributed by atoms with Crippen LogP contribution < -0.4 is 10.9 Å². The summed E-state index contributed by atoms with van der Waals surface area (Å²) >= 11 is 6.01. The topological polar surface area (TPSA) is 62.0 Å². The van der Waals surface area contributed by atoms with Gasteiger partial charge in [0.05, 0.1) is 11.1 Å². The molecule has 1 aromatic heterocycles. The molecule has 0 bridgehead atoms. The predicted molar refractivity (Wildman–Crippen MR) is 95.5 cm³/mol. The second kappa shape index (κ2) is 6.81. The Hall–Kier alpha value is -2.07. The number of pyridine rings is 1. The second-order valence-corrected chi connectivity index (χ2v) is 6.93. The number of amides is 1. The minimum absolute atomic E-state index is 0.152. The molecule has 1 aliphatic carbocycles. The van der Waals surface area contributed by atoms with E-state index in [1.54, 1.807) is 6.92 Å². The number of aromatic amines is 1. The lowest BCUT2D eigenvalue weighted by Crippen LogP contribution is -2.47. The van der Waals surface area contributed by atoms with Crippen LogP contribution in [0.3, 0.4) is 0 Å². The summed E-state index contributed by atoms with van der Waals surface area (Å²) in [4.78, 5) is 26.8. The molecule has 0 radical (unpaired) electrons. The fraction of sp³-hybridized carbons (Fsp3) is 0.368. The molecule has 0 aliphatic heterocycles. The van der Waals surface area contributed by atoms with Crippen LogP contribution in [0.2, 0.25) is 5.02 Å². The number of carbonyl (C=O) groups excluding carboxylic acids is 1. The molecule has 24 heavy (non-hydrogen) atoms. The molecule has 0 atom stereocenters. The molecule has 126 valence electrons. The molecule has 1 aromatic carbocycles. The Bertz CT molecular complexity index is 790. The summed E-state index contributed by atoms with van der Waals surface area (Å²) in [5, 5.41) is 3.93. The first-order valence-electron chi connectivity index (χ1n) is 8.28. The van der Waals surface area contributed by atoms with E-state index < -0.39 is 0 Å². The summed E-state index contributed by atoms with van der Waals surface area (Å²) in [6, 6.07) is 9.17. The third-order valence-electron chi connectivity index (χ3n) is 4.83. The van der Waals surface area contributed by atoms with Crippen LogP contribution in [0.15, 0.2) is 41.3 Å². The molecule has 4 nitrogen and oxygen atoms in total. The Kier molecular flexibility index (Phi) is 4.76. The average molecular weight is 345 g/mol. The maximum Gasteiger partial charge on any atom is 0.253 e. The highest BCUT2D eigenvalue weighted by Gasteiger charge is 2.35. The Morgan fingerprint density at radius 3 is 2.46 bits per heavy atom. The largest absolute Gasteiger partial charge is 0.342 e. The van der Waals surface area contributed by atoms with E-state index in [-0.39, 0.29) is 17.0 Å². The molecule has 5 heteroatoms. The standard InChI is InChI=1S/C19H21ClN2O2/c1-13-11-17(23)21-12-16(13)18(24)22-19(9-3-2-4-10-19)14-5-7-15(20)8-6-14/h5-8,11-12H,2-4,9-10H2,1H3,(H,21,23)(H,22,24). The molecular formula is C19H21ClN2O2. The number of benzene rings is 1. The first-order valence-corrected chi connectivity index (χ1v) is 8.66. The summed E-state index contributed by atoms with van der Waals surface area (Å²) in [7, 11) is 0. The van der Waals surface area contributed by atoms with Gasteiger partial charge >= 0.3 is 0 Å². The van der Waals surface area contributed by atoms with E-state index >= 15 is 0 Å². The van der Waals surface area contributed by atoms with Crippen molar-refractivity contribution in [3.05, 3.63) is 68.6 Å². The maximum atomic E-state index is 12.8. The van der Waals surface area contributed by atoms with E-state index in [1.807, 2.05) is 24.3 Å². The number of hydrogen-bond donors (Lipinski definition) is 2. The number of halogens is 1. The maximum absolute atomic E-state index is 12.8. The van der Waals surface area contributed by atoms with Gasteiger partial charge in [0, 0.05) is 17.3 Å². The van der Waals surface area contributed by atoms with Crippen molar-refractivity contribution >= 4 is 17.5 Å². The van der Waals surface area contributed by atoms with Crippen LogP contribution in [0, 0.1) is 6.92 Å². The zero-order valence-electron chi connectivity index (χ0n) is 13.7. The van der Waals surface area contributed by atoms with Gasteiger partial charge in [0.25, 0.3) is 5.91 Å². The fourth-order valence-electron chi connectivity index (χ4n) is 3.51. The molecule has 1 saturated carbocycles. The molecule has 3 rings (SSSR count). The summed E-state index contributed by atoms with van der Waals surface area (Å²) in [5.74, 6) is -0.152. The van der Waals surface area contributed by atoms with Crippen molar-refractivity contribution in [1.82, 2.24) is 10.3 Å². The second-order valence-electron chi connectivity index (χ2n) is 6.50. The smallest absolute Gasteiger partial charge is 0.253 e. The Balaban J connectivity index is 1.93. The number of aromatic nitrogens is 1. The highest BCUT2D eigenvalue weighted by Crippen LogP contribution is 2.37. The highest BCUT2D eigenvalue weighted by molar-refractivity contribution is 6.30. The lowest BCUT2D eigenvalue weighted by atomic mass is 9.76. The van der Waals surface area contributed by atoms with Gasteiger partial charge in [-0.25, -0.2) is 0 Å². The Morgan fingerprint density at radius 1 is 1.17 bits per heavy atom. The molecule has 0 unspecified atom stereocenters.